The molecule has 0 radical (unpaired) electrons. The van der Waals surface area contributed by atoms with Crippen LogP contribution in [0.4, 0.5) is 0 Å². The molecule has 17 heavy (non-hydrogen) atoms. The van der Waals surface area contributed by atoms with Gasteiger partial charge in [-0.05, 0) is 25.2 Å². The molecule has 0 aromatic rings. The van der Waals surface area contributed by atoms with Crippen molar-refractivity contribution in [3.05, 3.63) is 0 Å². The fourth-order valence-electron chi connectivity index (χ4n) is 2.72. The molecule has 104 valence electrons. The molecule has 0 heterocycles. The Balaban J connectivity index is 3.37. The van der Waals surface area contributed by atoms with E-state index in [-0.39, 0.29) is 0 Å². The van der Waals surface area contributed by atoms with E-state index in [1.165, 1.54) is 57.8 Å². The van der Waals surface area contributed by atoms with Crippen LogP contribution >= 0.6 is 0 Å². The largest absolute Gasteiger partial charge is 0.328 e. The first-order chi connectivity index (χ1) is 8.09. The highest BCUT2D eigenvalue weighted by Gasteiger charge is 2.16. The molecule has 0 rings (SSSR count). The van der Waals surface area contributed by atoms with E-state index in [9.17, 15) is 0 Å². The monoisotopic (exact) mass is 241 g/mol. The van der Waals surface area contributed by atoms with Gasteiger partial charge in [-0.15, -0.1) is 0 Å². The molecule has 2 N–H and O–H groups in total. The Morgan fingerprint density at radius 2 is 1.24 bits per heavy atom. The van der Waals surface area contributed by atoms with Crippen molar-refractivity contribution in [2.24, 2.45) is 17.6 Å². The van der Waals surface area contributed by atoms with E-state index in [0.29, 0.717) is 6.04 Å². The van der Waals surface area contributed by atoms with Crippen molar-refractivity contribution in [2.75, 3.05) is 0 Å². The van der Waals surface area contributed by atoms with E-state index >= 15 is 0 Å². The first-order valence-corrected chi connectivity index (χ1v) is 7.85. The molecule has 0 aliphatic heterocycles. The summed E-state index contributed by atoms with van der Waals surface area (Å²) in [6.07, 6.45) is 12.6. The molecule has 1 heteroatoms. The number of nitrogens with two attached hydrogens (primary N) is 1. The Bertz CT molecular complexity index is 144. The standard InChI is InChI=1S/C16H35N/c1-5-6-7-8-9-10-11-12-13-16(14(2)3)15(4)17/h14-16H,5-13,17H2,1-4H3. The third-order valence-electron chi connectivity index (χ3n) is 3.92. The first-order valence-electron chi connectivity index (χ1n) is 7.85. The van der Waals surface area contributed by atoms with Gasteiger partial charge in [-0.3, -0.25) is 0 Å². The topological polar surface area (TPSA) is 26.0 Å². The van der Waals surface area contributed by atoms with Crippen molar-refractivity contribution >= 4 is 0 Å². The molecule has 2 atom stereocenters. The fourth-order valence-corrected chi connectivity index (χ4v) is 2.72. The lowest BCUT2D eigenvalue weighted by Crippen LogP contribution is -2.30. The first kappa shape index (κ1) is 17.0. The van der Waals surface area contributed by atoms with Crippen molar-refractivity contribution < 1.29 is 0 Å². The minimum Gasteiger partial charge on any atom is -0.328 e. The fraction of sp³-hybridized carbons (Fsp3) is 1.00. The molecule has 0 saturated heterocycles. The summed E-state index contributed by atoms with van der Waals surface area (Å²) in [5.41, 5.74) is 6.03. The summed E-state index contributed by atoms with van der Waals surface area (Å²) >= 11 is 0. The normalized spacial score (nSPS) is 15.2. The molecule has 0 saturated carbocycles. The second kappa shape index (κ2) is 11.1. The second-order valence-corrected chi connectivity index (χ2v) is 6.03. The lowest BCUT2D eigenvalue weighted by atomic mass is 9.85. The zero-order chi connectivity index (χ0) is 13.1. The molecular weight excluding hydrogens is 206 g/mol. The van der Waals surface area contributed by atoms with Gasteiger partial charge >= 0.3 is 0 Å². The Morgan fingerprint density at radius 3 is 1.65 bits per heavy atom. The molecule has 0 aromatic carbocycles. The van der Waals surface area contributed by atoms with Crippen LogP contribution in [0.2, 0.25) is 0 Å². The number of hydrogen-bond donors (Lipinski definition) is 1. The maximum absolute atomic E-state index is 6.03. The van der Waals surface area contributed by atoms with Crippen LogP contribution in [0.1, 0.15) is 85.5 Å². The maximum atomic E-state index is 6.03. The van der Waals surface area contributed by atoms with Gasteiger partial charge < -0.3 is 5.73 Å². The van der Waals surface area contributed by atoms with Gasteiger partial charge in [0.2, 0.25) is 0 Å². The number of rotatable bonds is 11. The molecule has 0 spiro atoms. The van der Waals surface area contributed by atoms with E-state index in [0.717, 1.165) is 11.8 Å². The van der Waals surface area contributed by atoms with E-state index in [1.54, 1.807) is 0 Å². The van der Waals surface area contributed by atoms with Crippen LogP contribution in [0.15, 0.2) is 0 Å². The summed E-state index contributed by atoms with van der Waals surface area (Å²) in [7, 11) is 0. The lowest BCUT2D eigenvalue weighted by Gasteiger charge is -2.24. The van der Waals surface area contributed by atoms with Gasteiger partial charge in [0.05, 0.1) is 0 Å². The highest BCUT2D eigenvalue weighted by Crippen LogP contribution is 2.21. The third kappa shape index (κ3) is 9.64. The highest BCUT2D eigenvalue weighted by atomic mass is 14.6. The van der Waals surface area contributed by atoms with Crippen LogP contribution in [-0.4, -0.2) is 6.04 Å². The summed E-state index contributed by atoms with van der Waals surface area (Å²) in [4.78, 5) is 0. The Labute approximate surface area is 110 Å². The molecule has 0 aliphatic rings. The average molecular weight is 241 g/mol. The van der Waals surface area contributed by atoms with Crippen LogP contribution in [0.25, 0.3) is 0 Å². The van der Waals surface area contributed by atoms with Crippen molar-refractivity contribution in [3.8, 4) is 0 Å². The van der Waals surface area contributed by atoms with Crippen molar-refractivity contribution in [1.82, 2.24) is 0 Å². The van der Waals surface area contributed by atoms with Crippen LogP contribution in [0.3, 0.4) is 0 Å². The van der Waals surface area contributed by atoms with Gasteiger partial charge in [0.1, 0.15) is 0 Å². The molecule has 0 bridgehead atoms. The molecule has 1 nitrogen and oxygen atoms in total. The van der Waals surface area contributed by atoms with Crippen molar-refractivity contribution in [1.29, 1.82) is 0 Å². The SMILES string of the molecule is CCCCCCCCCCC(C(C)C)C(C)N. The predicted molar refractivity (Wildman–Crippen MR) is 79.2 cm³/mol. The molecule has 0 amide bonds. The molecule has 2 unspecified atom stereocenters. The predicted octanol–water partition coefficient (Wildman–Crippen LogP) is 5.14. The van der Waals surface area contributed by atoms with E-state index in [1.807, 2.05) is 0 Å². The molecule has 0 fully saturated rings. The van der Waals surface area contributed by atoms with Gasteiger partial charge in [-0.25, -0.2) is 0 Å². The Kier molecular flexibility index (Phi) is 11.0. The second-order valence-electron chi connectivity index (χ2n) is 6.03. The smallest absolute Gasteiger partial charge is 0.00412 e. The van der Waals surface area contributed by atoms with Gasteiger partial charge in [0.15, 0.2) is 0 Å². The van der Waals surface area contributed by atoms with Crippen LogP contribution in [-0.2, 0) is 0 Å². The Morgan fingerprint density at radius 1 is 0.765 bits per heavy atom. The minimum atomic E-state index is 0.361. The molecular formula is C16H35N. The zero-order valence-electron chi connectivity index (χ0n) is 12.7. The lowest BCUT2D eigenvalue weighted by molar-refractivity contribution is 0.300. The van der Waals surface area contributed by atoms with Gasteiger partial charge in [0, 0.05) is 6.04 Å². The van der Waals surface area contributed by atoms with Crippen molar-refractivity contribution in [3.63, 3.8) is 0 Å². The van der Waals surface area contributed by atoms with Gasteiger partial charge in [0.25, 0.3) is 0 Å². The van der Waals surface area contributed by atoms with Crippen LogP contribution in [0, 0.1) is 11.8 Å². The number of unbranched alkanes of at least 4 members (excludes halogenated alkanes) is 7. The van der Waals surface area contributed by atoms with Gasteiger partial charge in [-0.2, -0.15) is 0 Å². The highest BCUT2D eigenvalue weighted by molar-refractivity contribution is 4.71. The van der Waals surface area contributed by atoms with E-state index in [2.05, 4.69) is 27.7 Å². The van der Waals surface area contributed by atoms with Gasteiger partial charge in [-0.1, -0.05) is 72.1 Å². The quantitative estimate of drug-likeness (QED) is 0.498. The summed E-state index contributed by atoms with van der Waals surface area (Å²) in [6, 6.07) is 0.361. The summed E-state index contributed by atoms with van der Waals surface area (Å²) in [6.45, 7) is 9.05. The zero-order valence-corrected chi connectivity index (χ0v) is 12.7. The van der Waals surface area contributed by atoms with E-state index in [4.69, 9.17) is 5.73 Å². The van der Waals surface area contributed by atoms with Crippen LogP contribution in [0.5, 0.6) is 0 Å². The average Bonchev–Trinajstić information content (AvgIpc) is 2.26. The maximum Gasteiger partial charge on any atom is 0.00412 e. The summed E-state index contributed by atoms with van der Waals surface area (Å²) in [5.74, 6) is 1.45. The Hall–Kier alpha value is -0.0400. The summed E-state index contributed by atoms with van der Waals surface area (Å²) < 4.78 is 0. The van der Waals surface area contributed by atoms with Crippen LogP contribution < -0.4 is 5.73 Å². The van der Waals surface area contributed by atoms with Crippen molar-refractivity contribution in [2.45, 2.75) is 91.5 Å². The molecule has 0 aromatic heterocycles. The summed E-state index contributed by atoms with van der Waals surface area (Å²) in [5, 5.41) is 0. The minimum absolute atomic E-state index is 0.361. The van der Waals surface area contributed by atoms with E-state index < -0.39 is 0 Å². The molecule has 0 aliphatic carbocycles. The number of hydrogen-bond acceptors (Lipinski definition) is 1. The third-order valence-corrected chi connectivity index (χ3v) is 3.92.